The normalized spacial score (nSPS) is 12.7. The van der Waals surface area contributed by atoms with Crippen LogP contribution in [-0.2, 0) is 13.0 Å². The molecule has 1 unspecified atom stereocenters. The average Bonchev–Trinajstić information content (AvgIpc) is 2.70. The Kier molecular flexibility index (Phi) is 3.77. The molecular weight excluding hydrogens is 226 g/mol. The van der Waals surface area contributed by atoms with Crippen molar-refractivity contribution in [1.29, 1.82) is 0 Å². The highest BCUT2D eigenvalue weighted by atomic mass is 16.3. The average molecular weight is 245 g/mol. The molecule has 0 radical (unpaired) electrons. The van der Waals surface area contributed by atoms with E-state index in [9.17, 15) is 5.11 Å². The van der Waals surface area contributed by atoms with E-state index in [-0.39, 0.29) is 0 Å². The molecule has 2 rings (SSSR count). The fourth-order valence-corrected chi connectivity index (χ4v) is 2.19. The molecule has 2 aromatic heterocycles. The number of aryl methyl sites for hydroxylation is 3. The summed E-state index contributed by atoms with van der Waals surface area (Å²) < 4.78 is 1.93. The van der Waals surface area contributed by atoms with Crippen molar-refractivity contribution in [3.05, 3.63) is 47.0 Å². The van der Waals surface area contributed by atoms with Crippen molar-refractivity contribution in [3.8, 4) is 0 Å². The lowest BCUT2D eigenvalue weighted by atomic mass is 10.0. The van der Waals surface area contributed by atoms with Crippen LogP contribution in [0.25, 0.3) is 0 Å². The van der Waals surface area contributed by atoms with Crippen LogP contribution in [0, 0.1) is 13.8 Å². The molecule has 0 fully saturated rings. The van der Waals surface area contributed by atoms with Gasteiger partial charge in [0.2, 0.25) is 0 Å². The molecule has 1 N–H and O–H groups in total. The summed E-state index contributed by atoms with van der Waals surface area (Å²) in [5.41, 5.74) is 3.82. The Morgan fingerprint density at radius 3 is 2.83 bits per heavy atom. The predicted molar refractivity (Wildman–Crippen MR) is 70.3 cm³/mol. The van der Waals surface area contributed by atoms with Gasteiger partial charge in [-0.15, -0.1) is 0 Å². The molecule has 2 heterocycles. The zero-order valence-electron chi connectivity index (χ0n) is 11.1. The van der Waals surface area contributed by atoms with E-state index in [0.717, 1.165) is 29.2 Å². The molecule has 0 amide bonds. The number of nitrogens with zero attached hydrogens (tertiary/aromatic N) is 3. The van der Waals surface area contributed by atoms with E-state index in [2.05, 4.69) is 17.0 Å². The molecule has 1 atom stereocenters. The number of aliphatic hydroxyl groups is 1. The van der Waals surface area contributed by atoms with Crippen LogP contribution in [0.3, 0.4) is 0 Å². The summed E-state index contributed by atoms with van der Waals surface area (Å²) in [5, 5.41) is 14.7. The standard InChI is InChI=1S/C14H19N3O/c1-4-17-12(8-10(2)16-17)9-14(18)13-6-5-7-15-11(13)3/h5-8,14,18H,4,9H2,1-3H3. The highest BCUT2D eigenvalue weighted by molar-refractivity contribution is 5.23. The Balaban J connectivity index is 2.21. The molecule has 0 bridgehead atoms. The van der Waals surface area contributed by atoms with Crippen molar-refractivity contribution in [2.75, 3.05) is 0 Å². The van der Waals surface area contributed by atoms with Crippen molar-refractivity contribution < 1.29 is 5.11 Å². The van der Waals surface area contributed by atoms with Gasteiger partial charge in [-0.25, -0.2) is 0 Å². The first-order chi connectivity index (χ1) is 8.61. The maximum atomic E-state index is 10.3. The molecule has 0 aromatic carbocycles. The van der Waals surface area contributed by atoms with Crippen molar-refractivity contribution in [3.63, 3.8) is 0 Å². The maximum absolute atomic E-state index is 10.3. The minimum atomic E-state index is -0.528. The van der Waals surface area contributed by atoms with E-state index in [1.54, 1.807) is 6.20 Å². The second kappa shape index (κ2) is 5.31. The summed E-state index contributed by atoms with van der Waals surface area (Å²) in [6.45, 7) is 6.76. The van der Waals surface area contributed by atoms with Crippen LogP contribution in [0.4, 0.5) is 0 Å². The Labute approximate surface area is 107 Å². The number of aliphatic hydroxyl groups excluding tert-OH is 1. The highest BCUT2D eigenvalue weighted by Crippen LogP contribution is 2.20. The smallest absolute Gasteiger partial charge is 0.0862 e. The number of pyridine rings is 1. The van der Waals surface area contributed by atoms with Crippen molar-refractivity contribution in [1.82, 2.24) is 14.8 Å². The van der Waals surface area contributed by atoms with Gasteiger partial charge in [-0.3, -0.25) is 9.67 Å². The number of hydrogen-bond donors (Lipinski definition) is 1. The van der Waals surface area contributed by atoms with Crippen LogP contribution in [0.15, 0.2) is 24.4 Å². The quantitative estimate of drug-likeness (QED) is 0.898. The molecule has 4 heteroatoms. The van der Waals surface area contributed by atoms with Gasteiger partial charge in [0.25, 0.3) is 0 Å². The molecule has 96 valence electrons. The largest absolute Gasteiger partial charge is 0.388 e. The van der Waals surface area contributed by atoms with E-state index in [0.29, 0.717) is 6.42 Å². The molecule has 18 heavy (non-hydrogen) atoms. The fraction of sp³-hybridized carbons (Fsp3) is 0.429. The van der Waals surface area contributed by atoms with Gasteiger partial charge >= 0.3 is 0 Å². The number of aromatic nitrogens is 3. The molecule has 0 saturated carbocycles. The van der Waals surface area contributed by atoms with Crippen LogP contribution >= 0.6 is 0 Å². The third-order valence-corrected chi connectivity index (χ3v) is 3.09. The van der Waals surface area contributed by atoms with Crippen LogP contribution in [-0.4, -0.2) is 19.9 Å². The van der Waals surface area contributed by atoms with E-state index >= 15 is 0 Å². The minimum absolute atomic E-state index is 0.528. The van der Waals surface area contributed by atoms with Crippen molar-refractivity contribution in [2.45, 2.75) is 39.8 Å². The van der Waals surface area contributed by atoms with Crippen LogP contribution in [0.1, 0.15) is 35.7 Å². The highest BCUT2D eigenvalue weighted by Gasteiger charge is 2.14. The monoisotopic (exact) mass is 245 g/mol. The lowest BCUT2D eigenvalue weighted by Crippen LogP contribution is -2.09. The summed E-state index contributed by atoms with van der Waals surface area (Å²) >= 11 is 0. The van der Waals surface area contributed by atoms with Gasteiger partial charge in [0, 0.05) is 36.1 Å². The Morgan fingerprint density at radius 2 is 2.17 bits per heavy atom. The summed E-state index contributed by atoms with van der Waals surface area (Å²) in [6, 6.07) is 5.80. The van der Waals surface area contributed by atoms with E-state index in [4.69, 9.17) is 0 Å². The first-order valence-electron chi connectivity index (χ1n) is 6.24. The first kappa shape index (κ1) is 12.8. The first-order valence-corrected chi connectivity index (χ1v) is 6.24. The lowest BCUT2D eigenvalue weighted by Gasteiger charge is -2.13. The Bertz CT molecular complexity index is 534. The van der Waals surface area contributed by atoms with Gasteiger partial charge in [0.1, 0.15) is 0 Å². The summed E-state index contributed by atoms with van der Waals surface area (Å²) in [4.78, 5) is 4.21. The van der Waals surface area contributed by atoms with Crippen molar-refractivity contribution in [2.24, 2.45) is 0 Å². The fourth-order valence-electron chi connectivity index (χ4n) is 2.19. The van der Waals surface area contributed by atoms with E-state index < -0.39 is 6.10 Å². The molecule has 0 saturated heterocycles. The van der Waals surface area contributed by atoms with Crippen LogP contribution < -0.4 is 0 Å². The van der Waals surface area contributed by atoms with Crippen LogP contribution in [0.5, 0.6) is 0 Å². The number of rotatable bonds is 4. The van der Waals surface area contributed by atoms with Crippen LogP contribution in [0.2, 0.25) is 0 Å². The molecule has 0 aliphatic rings. The zero-order chi connectivity index (χ0) is 13.1. The predicted octanol–water partition coefficient (Wildman–Crippen LogP) is 2.19. The van der Waals surface area contributed by atoms with Gasteiger partial charge in [-0.05, 0) is 32.9 Å². The van der Waals surface area contributed by atoms with Gasteiger partial charge in [-0.2, -0.15) is 5.10 Å². The third kappa shape index (κ3) is 2.59. The zero-order valence-corrected chi connectivity index (χ0v) is 11.1. The van der Waals surface area contributed by atoms with Gasteiger partial charge in [0.15, 0.2) is 0 Å². The molecular formula is C14H19N3O. The van der Waals surface area contributed by atoms with Gasteiger partial charge in [0.05, 0.1) is 11.8 Å². The second-order valence-corrected chi connectivity index (χ2v) is 4.49. The SMILES string of the molecule is CCn1nc(C)cc1CC(O)c1cccnc1C. The van der Waals surface area contributed by atoms with Crippen molar-refractivity contribution >= 4 is 0 Å². The summed E-state index contributed by atoms with van der Waals surface area (Å²) in [7, 11) is 0. The summed E-state index contributed by atoms with van der Waals surface area (Å²) in [6.07, 6.45) is 1.79. The lowest BCUT2D eigenvalue weighted by molar-refractivity contribution is 0.174. The molecule has 2 aromatic rings. The summed E-state index contributed by atoms with van der Waals surface area (Å²) in [5.74, 6) is 0. The van der Waals surface area contributed by atoms with Gasteiger partial charge in [-0.1, -0.05) is 6.07 Å². The third-order valence-electron chi connectivity index (χ3n) is 3.09. The second-order valence-electron chi connectivity index (χ2n) is 4.49. The Morgan fingerprint density at radius 1 is 1.39 bits per heavy atom. The van der Waals surface area contributed by atoms with E-state index in [1.807, 2.05) is 36.7 Å². The molecule has 0 aliphatic heterocycles. The maximum Gasteiger partial charge on any atom is 0.0862 e. The Hall–Kier alpha value is -1.68. The topological polar surface area (TPSA) is 50.9 Å². The molecule has 0 aliphatic carbocycles. The molecule has 0 spiro atoms. The number of hydrogen-bond acceptors (Lipinski definition) is 3. The minimum Gasteiger partial charge on any atom is -0.388 e. The van der Waals surface area contributed by atoms with E-state index in [1.165, 1.54) is 0 Å². The molecule has 4 nitrogen and oxygen atoms in total. The van der Waals surface area contributed by atoms with Gasteiger partial charge < -0.3 is 5.11 Å².